The molecular formula is C20H30N2O4S. The van der Waals surface area contributed by atoms with Gasteiger partial charge in [0, 0.05) is 25.2 Å². The van der Waals surface area contributed by atoms with Crippen LogP contribution < -0.4 is 5.32 Å². The van der Waals surface area contributed by atoms with Crippen LogP contribution in [0, 0.1) is 5.92 Å². The Morgan fingerprint density at radius 1 is 1.11 bits per heavy atom. The molecule has 3 rings (SSSR count). The standard InChI is InChI=1S/C20H30N2O4S/c1-15-13-22(14-16(2)26-15)27(24,25)19-10-8-18(9-11-19)21-20(23)12-7-17-5-3-4-6-17/h8-11,15-17H,3-7,12-14H2,1-2H3,(H,21,23)/t15-,16+. The number of carbonyl (C=O) groups is 1. The lowest BCUT2D eigenvalue weighted by Crippen LogP contribution is -2.48. The van der Waals surface area contributed by atoms with Gasteiger partial charge in [0.15, 0.2) is 0 Å². The summed E-state index contributed by atoms with van der Waals surface area (Å²) >= 11 is 0. The van der Waals surface area contributed by atoms with E-state index in [9.17, 15) is 13.2 Å². The number of sulfonamides is 1. The number of ether oxygens (including phenoxy) is 1. The zero-order chi connectivity index (χ0) is 19.4. The molecule has 7 heteroatoms. The van der Waals surface area contributed by atoms with E-state index in [4.69, 9.17) is 4.74 Å². The van der Waals surface area contributed by atoms with Crippen LogP contribution in [0.1, 0.15) is 52.4 Å². The number of anilines is 1. The number of rotatable bonds is 6. The number of hydrogen-bond acceptors (Lipinski definition) is 4. The van der Waals surface area contributed by atoms with E-state index < -0.39 is 10.0 Å². The predicted molar refractivity (Wildman–Crippen MR) is 105 cm³/mol. The van der Waals surface area contributed by atoms with Crippen molar-refractivity contribution >= 4 is 21.6 Å². The van der Waals surface area contributed by atoms with E-state index in [1.165, 1.54) is 30.0 Å². The molecule has 27 heavy (non-hydrogen) atoms. The third-order valence-corrected chi connectivity index (χ3v) is 7.26. The first kappa shape index (κ1) is 20.3. The smallest absolute Gasteiger partial charge is 0.243 e. The molecule has 1 saturated heterocycles. The minimum Gasteiger partial charge on any atom is -0.373 e. The van der Waals surface area contributed by atoms with Crippen molar-refractivity contribution in [1.29, 1.82) is 0 Å². The van der Waals surface area contributed by atoms with Gasteiger partial charge in [0.1, 0.15) is 0 Å². The maximum atomic E-state index is 12.8. The molecule has 2 aliphatic rings. The molecule has 1 aliphatic carbocycles. The summed E-state index contributed by atoms with van der Waals surface area (Å²) in [6.45, 7) is 4.46. The van der Waals surface area contributed by atoms with Crippen LogP contribution in [0.3, 0.4) is 0 Å². The molecule has 1 amide bonds. The molecule has 0 radical (unpaired) electrons. The largest absolute Gasteiger partial charge is 0.373 e. The Bertz CT molecular complexity index is 732. The first-order valence-electron chi connectivity index (χ1n) is 9.90. The lowest BCUT2D eigenvalue weighted by molar-refractivity contribution is -0.116. The van der Waals surface area contributed by atoms with Gasteiger partial charge in [-0.25, -0.2) is 8.42 Å². The van der Waals surface area contributed by atoms with Crippen molar-refractivity contribution in [3.63, 3.8) is 0 Å². The molecule has 1 N–H and O–H groups in total. The molecular weight excluding hydrogens is 364 g/mol. The lowest BCUT2D eigenvalue weighted by Gasteiger charge is -2.34. The molecule has 1 heterocycles. The SMILES string of the molecule is C[C@@H]1CN(S(=O)(=O)c2ccc(NC(=O)CCC3CCCC3)cc2)C[C@H](C)O1. The molecule has 2 fully saturated rings. The number of amides is 1. The Hall–Kier alpha value is -1.44. The van der Waals surface area contributed by atoms with Gasteiger partial charge in [-0.05, 0) is 50.5 Å². The zero-order valence-electron chi connectivity index (χ0n) is 16.2. The van der Waals surface area contributed by atoms with E-state index in [-0.39, 0.29) is 23.0 Å². The van der Waals surface area contributed by atoms with Crippen molar-refractivity contribution in [2.45, 2.75) is 69.5 Å². The molecule has 1 aromatic carbocycles. The Kier molecular flexibility index (Phi) is 6.55. The summed E-state index contributed by atoms with van der Waals surface area (Å²) < 4.78 is 32.8. The number of hydrogen-bond donors (Lipinski definition) is 1. The summed E-state index contributed by atoms with van der Waals surface area (Å²) in [6, 6.07) is 6.45. The molecule has 1 saturated carbocycles. The molecule has 0 bridgehead atoms. The normalized spacial score (nSPS) is 24.8. The third kappa shape index (κ3) is 5.30. The van der Waals surface area contributed by atoms with Gasteiger partial charge in [-0.2, -0.15) is 4.31 Å². The van der Waals surface area contributed by atoms with E-state index in [0.717, 1.165) is 6.42 Å². The van der Waals surface area contributed by atoms with Crippen LogP contribution in [0.15, 0.2) is 29.2 Å². The fourth-order valence-electron chi connectivity index (χ4n) is 4.04. The summed E-state index contributed by atoms with van der Waals surface area (Å²) in [5, 5.41) is 2.87. The molecule has 6 nitrogen and oxygen atoms in total. The van der Waals surface area contributed by atoms with Crippen LogP contribution in [-0.2, 0) is 19.6 Å². The minimum absolute atomic E-state index is 0.00617. The second-order valence-corrected chi connectivity index (χ2v) is 9.78. The summed E-state index contributed by atoms with van der Waals surface area (Å²) in [7, 11) is -3.55. The van der Waals surface area contributed by atoms with Gasteiger partial charge in [0.25, 0.3) is 0 Å². The van der Waals surface area contributed by atoms with Crippen LogP contribution in [-0.4, -0.2) is 43.9 Å². The Balaban J connectivity index is 1.58. The topological polar surface area (TPSA) is 75.7 Å². The van der Waals surface area contributed by atoms with Crippen molar-refractivity contribution in [1.82, 2.24) is 4.31 Å². The molecule has 0 aromatic heterocycles. The molecule has 1 aromatic rings. The van der Waals surface area contributed by atoms with Crippen molar-refractivity contribution in [3.8, 4) is 0 Å². The van der Waals surface area contributed by atoms with Crippen LogP contribution in [0.25, 0.3) is 0 Å². The molecule has 150 valence electrons. The van der Waals surface area contributed by atoms with E-state index in [0.29, 0.717) is 31.1 Å². The maximum Gasteiger partial charge on any atom is 0.243 e. The number of benzene rings is 1. The maximum absolute atomic E-state index is 12.8. The molecule has 0 spiro atoms. The highest BCUT2D eigenvalue weighted by atomic mass is 32.2. The lowest BCUT2D eigenvalue weighted by atomic mass is 10.0. The number of morpholine rings is 1. The van der Waals surface area contributed by atoms with Crippen LogP contribution in [0.2, 0.25) is 0 Å². The number of nitrogens with one attached hydrogen (secondary N) is 1. The van der Waals surface area contributed by atoms with Gasteiger partial charge in [-0.3, -0.25) is 4.79 Å². The van der Waals surface area contributed by atoms with E-state index in [1.54, 1.807) is 24.3 Å². The fraction of sp³-hybridized carbons (Fsp3) is 0.650. The van der Waals surface area contributed by atoms with E-state index >= 15 is 0 Å². The Morgan fingerprint density at radius 3 is 2.30 bits per heavy atom. The highest BCUT2D eigenvalue weighted by molar-refractivity contribution is 7.89. The first-order chi connectivity index (χ1) is 12.8. The van der Waals surface area contributed by atoms with Gasteiger partial charge in [0.2, 0.25) is 15.9 Å². The predicted octanol–water partition coefficient (Wildman–Crippen LogP) is 3.39. The van der Waals surface area contributed by atoms with Crippen molar-refractivity contribution in [2.75, 3.05) is 18.4 Å². The molecule has 1 aliphatic heterocycles. The third-order valence-electron chi connectivity index (χ3n) is 5.42. The van der Waals surface area contributed by atoms with Crippen molar-refractivity contribution < 1.29 is 17.9 Å². The molecule has 2 atom stereocenters. The average Bonchev–Trinajstić information content (AvgIpc) is 3.13. The minimum atomic E-state index is -3.55. The van der Waals surface area contributed by atoms with Gasteiger partial charge in [-0.15, -0.1) is 0 Å². The van der Waals surface area contributed by atoms with Gasteiger partial charge in [-0.1, -0.05) is 25.7 Å². The van der Waals surface area contributed by atoms with Crippen LogP contribution in [0.4, 0.5) is 5.69 Å². The fourth-order valence-corrected chi connectivity index (χ4v) is 5.63. The van der Waals surface area contributed by atoms with Crippen molar-refractivity contribution in [3.05, 3.63) is 24.3 Å². The van der Waals surface area contributed by atoms with Crippen molar-refractivity contribution in [2.24, 2.45) is 5.92 Å². The number of carbonyl (C=O) groups excluding carboxylic acids is 1. The Labute approximate surface area is 162 Å². The summed E-state index contributed by atoms with van der Waals surface area (Å²) in [5.74, 6) is 0.676. The second kappa shape index (κ2) is 8.71. The van der Waals surface area contributed by atoms with Crippen LogP contribution in [0.5, 0.6) is 0 Å². The summed E-state index contributed by atoms with van der Waals surface area (Å²) in [4.78, 5) is 12.4. The molecule has 0 unspecified atom stereocenters. The monoisotopic (exact) mass is 394 g/mol. The van der Waals surface area contributed by atoms with Gasteiger partial charge in [0.05, 0.1) is 17.1 Å². The second-order valence-electron chi connectivity index (χ2n) is 7.84. The van der Waals surface area contributed by atoms with Gasteiger partial charge < -0.3 is 10.1 Å². The zero-order valence-corrected chi connectivity index (χ0v) is 17.0. The highest BCUT2D eigenvalue weighted by Crippen LogP contribution is 2.28. The highest BCUT2D eigenvalue weighted by Gasteiger charge is 2.32. The number of nitrogens with zero attached hydrogens (tertiary/aromatic N) is 1. The van der Waals surface area contributed by atoms with Gasteiger partial charge >= 0.3 is 0 Å². The van der Waals surface area contributed by atoms with E-state index in [2.05, 4.69) is 5.32 Å². The van der Waals surface area contributed by atoms with E-state index in [1.807, 2.05) is 13.8 Å². The average molecular weight is 395 g/mol. The first-order valence-corrected chi connectivity index (χ1v) is 11.3. The quantitative estimate of drug-likeness (QED) is 0.802. The Morgan fingerprint density at radius 2 is 1.70 bits per heavy atom. The summed E-state index contributed by atoms with van der Waals surface area (Å²) in [5.41, 5.74) is 0.633. The summed E-state index contributed by atoms with van der Waals surface area (Å²) in [6.07, 6.45) is 6.24. The van der Waals surface area contributed by atoms with Crippen LogP contribution >= 0.6 is 0 Å².